The summed E-state index contributed by atoms with van der Waals surface area (Å²) in [5.74, 6) is 0. The van der Waals surface area contributed by atoms with E-state index in [0.717, 1.165) is 0 Å². The van der Waals surface area contributed by atoms with Gasteiger partial charge < -0.3 is 20.4 Å². The Morgan fingerprint density at radius 2 is 1.92 bits per heavy atom. The third-order valence-corrected chi connectivity index (χ3v) is 1.46. The summed E-state index contributed by atoms with van der Waals surface area (Å²) < 4.78 is 7.00. The Morgan fingerprint density at radius 3 is 2.38 bits per heavy atom. The minimum Gasteiger partial charge on any atom is -0.394 e. The predicted molar refractivity (Wildman–Crippen MR) is 43.5 cm³/mol. The van der Waals surface area contributed by atoms with Crippen molar-refractivity contribution < 1.29 is 21.8 Å². The standard InChI is InChI=1S/C6H13N3O4/c7-9-8-6(13)2-1-4(11)5(12)3-10/h4-6,10-13H,1-3H2/t4-,5+,6?/m0/s1/i6D. The third kappa shape index (κ3) is 5.40. The molecule has 76 valence electrons. The molecule has 0 aromatic rings. The van der Waals surface area contributed by atoms with Crippen molar-refractivity contribution in [2.45, 2.75) is 31.3 Å². The van der Waals surface area contributed by atoms with Gasteiger partial charge in [0.2, 0.25) is 0 Å². The summed E-state index contributed by atoms with van der Waals surface area (Å²) in [7, 11) is 0. The molecule has 0 heterocycles. The first kappa shape index (κ1) is 10.2. The molecule has 0 aromatic heterocycles. The normalized spacial score (nSPS) is 20.8. The number of nitrogens with zero attached hydrogens (tertiary/aromatic N) is 3. The molecule has 4 N–H and O–H groups in total. The summed E-state index contributed by atoms with van der Waals surface area (Å²) in [4.78, 5) is 2.24. The quantitative estimate of drug-likeness (QED) is 0.247. The van der Waals surface area contributed by atoms with E-state index in [1.165, 1.54) is 0 Å². The second-order valence-corrected chi connectivity index (χ2v) is 2.46. The van der Waals surface area contributed by atoms with Crippen molar-refractivity contribution in [3.05, 3.63) is 10.4 Å². The van der Waals surface area contributed by atoms with Crippen LogP contribution in [0, 0.1) is 0 Å². The van der Waals surface area contributed by atoms with Crippen molar-refractivity contribution in [2.75, 3.05) is 6.61 Å². The summed E-state index contributed by atoms with van der Waals surface area (Å²) in [5.41, 5.74) is 7.95. The zero-order valence-electron chi connectivity index (χ0n) is 7.91. The van der Waals surface area contributed by atoms with Gasteiger partial charge in [0.15, 0.2) is 0 Å². The number of aliphatic hydroxyl groups excluding tert-OH is 3. The van der Waals surface area contributed by atoms with Crippen LogP contribution in [0.15, 0.2) is 5.11 Å². The Bertz CT molecular complexity index is 219. The molecule has 0 amide bonds. The number of aliphatic hydroxyl groups is 4. The number of azide groups is 1. The van der Waals surface area contributed by atoms with Gasteiger partial charge in [0, 0.05) is 4.91 Å². The summed E-state index contributed by atoms with van der Waals surface area (Å²) >= 11 is 0. The van der Waals surface area contributed by atoms with Gasteiger partial charge in [-0.1, -0.05) is 5.11 Å². The summed E-state index contributed by atoms with van der Waals surface area (Å²) in [6.07, 6.45) is -5.39. The van der Waals surface area contributed by atoms with E-state index >= 15 is 0 Å². The average Bonchev–Trinajstić information content (AvgIpc) is 2.13. The lowest BCUT2D eigenvalue weighted by atomic mass is 10.1. The Labute approximate surface area is 76.3 Å². The Morgan fingerprint density at radius 1 is 1.31 bits per heavy atom. The molecular weight excluding hydrogens is 178 g/mol. The molecule has 0 saturated carbocycles. The molecule has 0 bridgehead atoms. The first-order valence-corrected chi connectivity index (χ1v) is 3.68. The molecule has 0 aliphatic carbocycles. The van der Waals surface area contributed by atoms with E-state index in [4.69, 9.17) is 27.3 Å². The van der Waals surface area contributed by atoms with Crippen LogP contribution >= 0.6 is 0 Å². The van der Waals surface area contributed by atoms with Gasteiger partial charge in [-0.25, -0.2) is 0 Å². The fraction of sp³-hybridized carbons (Fsp3) is 1.00. The molecule has 7 nitrogen and oxygen atoms in total. The van der Waals surface area contributed by atoms with Gasteiger partial charge >= 0.3 is 0 Å². The van der Waals surface area contributed by atoms with Gasteiger partial charge in [-0.15, -0.1) is 0 Å². The lowest BCUT2D eigenvalue weighted by Gasteiger charge is -2.15. The number of hydrogen-bond acceptors (Lipinski definition) is 5. The maximum Gasteiger partial charge on any atom is 0.133 e. The van der Waals surface area contributed by atoms with Crippen LogP contribution < -0.4 is 0 Å². The summed E-state index contributed by atoms with van der Waals surface area (Å²) in [6, 6.07) is 0. The van der Waals surface area contributed by atoms with E-state index in [2.05, 4.69) is 10.0 Å². The highest BCUT2D eigenvalue weighted by Crippen LogP contribution is 2.06. The van der Waals surface area contributed by atoms with Crippen LogP contribution in [0.1, 0.15) is 14.2 Å². The minimum absolute atomic E-state index is 0.152. The number of rotatable bonds is 6. The van der Waals surface area contributed by atoms with Crippen molar-refractivity contribution in [1.82, 2.24) is 0 Å². The lowest BCUT2D eigenvalue weighted by molar-refractivity contribution is -0.0230. The molecule has 0 aliphatic heterocycles. The molecule has 3 atom stereocenters. The second-order valence-electron chi connectivity index (χ2n) is 2.46. The van der Waals surface area contributed by atoms with Crippen molar-refractivity contribution in [3.8, 4) is 0 Å². The first-order chi connectivity index (χ1) is 6.43. The van der Waals surface area contributed by atoms with Crippen molar-refractivity contribution >= 4 is 0 Å². The first-order valence-electron chi connectivity index (χ1n) is 4.18. The molecule has 0 radical (unpaired) electrons. The van der Waals surface area contributed by atoms with Crippen LogP contribution in [0.2, 0.25) is 0 Å². The van der Waals surface area contributed by atoms with E-state index < -0.39 is 25.0 Å². The molecule has 0 spiro atoms. The second kappa shape index (κ2) is 6.64. The maximum absolute atomic E-state index is 9.11. The van der Waals surface area contributed by atoms with Crippen LogP contribution in [-0.2, 0) is 0 Å². The van der Waals surface area contributed by atoms with Crippen molar-refractivity contribution in [3.63, 3.8) is 0 Å². The molecule has 7 heteroatoms. The van der Waals surface area contributed by atoms with Crippen LogP contribution in [0.5, 0.6) is 0 Å². The van der Waals surface area contributed by atoms with E-state index in [9.17, 15) is 0 Å². The topological polar surface area (TPSA) is 130 Å². The van der Waals surface area contributed by atoms with Gasteiger partial charge in [0.1, 0.15) is 12.3 Å². The zero-order valence-corrected chi connectivity index (χ0v) is 6.91. The Kier molecular flexibility index (Phi) is 5.23. The van der Waals surface area contributed by atoms with Gasteiger partial charge in [0.25, 0.3) is 0 Å². The summed E-state index contributed by atoms with van der Waals surface area (Å²) in [6.45, 7) is -0.612. The predicted octanol–water partition coefficient (Wildman–Crippen LogP) is -0.891. The Balaban J connectivity index is 3.98. The molecule has 0 fully saturated rings. The lowest BCUT2D eigenvalue weighted by Crippen LogP contribution is -2.29. The highest BCUT2D eigenvalue weighted by atomic mass is 16.4. The van der Waals surface area contributed by atoms with Gasteiger partial charge in [-0.3, -0.25) is 0 Å². The van der Waals surface area contributed by atoms with Gasteiger partial charge in [0.05, 0.1) is 14.1 Å². The highest BCUT2D eigenvalue weighted by molar-refractivity contribution is 4.67. The Hall–Kier alpha value is -0.850. The van der Waals surface area contributed by atoms with Gasteiger partial charge in [-0.05, 0) is 18.4 Å². The van der Waals surface area contributed by atoms with Crippen LogP contribution in [0.25, 0.3) is 10.4 Å². The van der Waals surface area contributed by atoms with E-state index in [1.807, 2.05) is 0 Å². The molecule has 0 saturated heterocycles. The molecular formula is C6H13N3O4. The smallest absolute Gasteiger partial charge is 0.133 e. The highest BCUT2D eigenvalue weighted by Gasteiger charge is 2.15. The third-order valence-electron chi connectivity index (χ3n) is 1.46. The van der Waals surface area contributed by atoms with Crippen molar-refractivity contribution in [1.29, 1.82) is 0 Å². The zero-order chi connectivity index (χ0) is 11.2. The minimum atomic E-state index is -2.33. The number of hydrogen-bond donors (Lipinski definition) is 4. The van der Waals surface area contributed by atoms with E-state index in [-0.39, 0.29) is 12.8 Å². The van der Waals surface area contributed by atoms with Crippen LogP contribution in [-0.4, -0.2) is 45.4 Å². The average molecular weight is 192 g/mol. The fourth-order valence-corrected chi connectivity index (χ4v) is 0.693. The monoisotopic (exact) mass is 192 g/mol. The molecule has 0 aromatic carbocycles. The van der Waals surface area contributed by atoms with Crippen LogP contribution in [0.3, 0.4) is 0 Å². The summed E-state index contributed by atoms with van der Waals surface area (Å²) in [5, 5.41) is 38.2. The SMILES string of the molecule is [2H]C(O)(CC[C@H](O)[C@H](O)CO)N=[N+]=[N-]. The van der Waals surface area contributed by atoms with Gasteiger partial charge in [-0.2, -0.15) is 0 Å². The molecule has 1 unspecified atom stereocenters. The van der Waals surface area contributed by atoms with Crippen LogP contribution in [0.4, 0.5) is 0 Å². The molecule has 0 aliphatic rings. The van der Waals surface area contributed by atoms with E-state index in [1.54, 1.807) is 0 Å². The molecule has 0 rings (SSSR count). The maximum atomic E-state index is 9.11. The van der Waals surface area contributed by atoms with E-state index in [0.29, 0.717) is 0 Å². The van der Waals surface area contributed by atoms with Crippen molar-refractivity contribution in [2.24, 2.45) is 5.11 Å². The largest absolute Gasteiger partial charge is 0.394 e. The molecule has 13 heavy (non-hydrogen) atoms. The fourth-order valence-electron chi connectivity index (χ4n) is 0.693.